The fraction of sp³-hybridized carbons (Fsp3) is 0.591. The van der Waals surface area contributed by atoms with E-state index in [9.17, 15) is 9.90 Å². The maximum atomic E-state index is 13.1. The van der Waals surface area contributed by atoms with Crippen molar-refractivity contribution in [3.8, 4) is 18.1 Å². The lowest BCUT2D eigenvalue weighted by Gasteiger charge is -2.31. The highest BCUT2D eigenvalue weighted by Crippen LogP contribution is 2.37. The number of amides is 1. The van der Waals surface area contributed by atoms with E-state index in [0.717, 1.165) is 38.0 Å². The van der Waals surface area contributed by atoms with Crippen molar-refractivity contribution in [2.45, 2.75) is 63.7 Å². The molecular formula is C22H30N4O2. The normalized spacial score (nSPS) is 20.1. The Morgan fingerprint density at radius 3 is 2.75 bits per heavy atom. The summed E-state index contributed by atoms with van der Waals surface area (Å²) >= 11 is 0. The third-order valence-electron chi connectivity index (χ3n) is 5.79. The summed E-state index contributed by atoms with van der Waals surface area (Å²) in [4.78, 5) is 17.5. The van der Waals surface area contributed by atoms with Crippen molar-refractivity contribution in [1.29, 1.82) is 0 Å². The van der Waals surface area contributed by atoms with E-state index in [1.165, 1.54) is 6.42 Å². The molecule has 0 aliphatic carbocycles. The van der Waals surface area contributed by atoms with Gasteiger partial charge in [-0.15, -0.1) is 12.3 Å². The molecule has 6 heteroatoms. The smallest absolute Gasteiger partial charge is 0.223 e. The molecule has 1 aromatic carbocycles. The number of benzene rings is 1. The number of likely N-dealkylation sites (N-methyl/N-ethyl adjacent to an activating group) is 1. The lowest BCUT2D eigenvalue weighted by Crippen LogP contribution is -2.42. The molecular weight excluding hydrogens is 352 g/mol. The summed E-state index contributed by atoms with van der Waals surface area (Å²) in [7, 11) is 0. The fourth-order valence-corrected chi connectivity index (χ4v) is 3.98. The van der Waals surface area contributed by atoms with Crippen molar-refractivity contribution < 1.29 is 9.90 Å². The molecule has 0 spiro atoms. The van der Waals surface area contributed by atoms with E-state index in [2.05, 4.69) is 28.0 Å². The Kier molecular flexibility index (Phi) is 6.69. The molecule has 1 N–H and O–H groups in total. The zero-order chi connectivity index (χ0) is 20.0. The number of phenols is 1. The molecule has 2 aliphatic heterocycles. The van der Waals surface area contributed by atoms with E-state index in [0.29, 0.717) is 31.8 Å². The second kappa shape index (κ2) is 9.20. The number of rotatable bonds is 10. The van der Waals surface area contributed by atoms with Crippen molar-refractivity contribution in [3.63, 3.8) is 0 Å². The van der Waals surface area contributed by atoms with Crippen molar-refractivity contribution >= 4 is 5.91 Å². The number of nitrogens with zero attached hydrogens (tertiary/aromatic N) is 4. The van der Waals surface area contributed by atoms with E-state index in [1.807, 2.05) is 17.0 Å². The van der Waals surface area contributed by atoms with Gasteiger partial charge < -0.3 is 10.0 Å². The van der Waals surface area contributed by atoms with Crippen LogP contribution >= 0.6 is 0 Å². The predicted molar refractivity (Wildman–Crippen MR) is 109 cm³/mol. The third kappa shape index (κ3) is 5.32. The lowest BCUT2D eigenvalue weighted by atomic mass is 10.0. The van der Waals surface area contributed by atoms with Crippen LogP contribution in [-0.2, 0) is 11.3 Å². The summed E-state index contributed by atoms with van der Waals surface area (Å²) in [6.45, 7) is 5.59. The molecule has 28 heavy (non-hydrogen) atoms. The van der Waals surface area contributed by atoms with E-state index in [1.54, 1.807) is 12.1 Å². The fourth-order valence-electron chi connectivity index (χ4n) is 3.98. The zero-order valence-electron chi connectivity index (χ0n) is 16.7. The minimum atomic E-state index is -0.422. The summed E-state index contributed by atoms with van der Waals surface area (Å²) in [5.74, 6) is 3.00. The van der Waals surface area contributed by atoms with Crippen LogP contribution in [0.1, 0.15) is 51.0 Å². The molecule has 2 heterocycles. The van der Waals surface area contributed by atoms with Gasteiger partial charge in [-0.2, -0.15) is 10.2 Å². The van der Waals surface area contributed by atoms with Crippen LogP contribution in [0, 0.1) is 12.3 Å². The molecule has 2 aliphatic rings. The molecule has 0 saturated carbocycles. The van der Waals surface area contributed by atoms with E-state index in [4.69, 9.17) is 6.42 Å². The Morgan fingerprint density at radius 2 is 2.11 bits per heavy atom. The van der Waals surface area contributed by atoms with Gasteiger partial charge in [-0.05, 0) is 43.6 Å². The van der Waals surface area contributed by atoms with Gasteiger partial charge in [0.05, 0.1) is 0 Å². The molecule has 1 amide bonds. The SMILES string of the molecule is C#CCCC1(CCC(=O)N(Cc2ccc(O)cc2)CC2CCCN2CC)N=N1. The number of hydrogen-bond acceptors (Lipinski definition) is 5. The molecule has 1 atom stereocenters. The highest BCUT2D eigenvalue weighted by atomic mass is 16.3. The Labute approximate surface area is 167 Å². The van der Waals surface area contributed by atoms with Crippen molar-refractivity contribution in [2.24, 2.45) is 10.2 Å². The first-order valence-electron chi connectivity index (χ1n) is 10.2. The molecule has 3 rings (SSSR count). The first-order valence-corrected chi connectivity index (χ1v) is 10.2. The largest absolute Gasteiger partial charge is 0.508 e. The standard InChI is InChI=1S/C22H30N4O2/c1-3-5-13-22(23-24-22)14-12-21(28)26(16-18-8-10-20(27)11-9-18)17-19-7-6-15-25(19)4-2/h1,8-11,19,27H,4-7,12-17H2,2H3. The second-order valence-corrected chi connectivity index (χ2v) is 7.75. The van der Waals surface area contributed by atoms with Crippen LogP contribution < -0.4 is 0 Å². The van der Waals surface area contributed by atoms with Crippen LogP contribution in [0.4, 0.5) is 0 Å². The third-order valence-corrected chi connectivity index (χ3v) is 5.79. The van der Waals surface area contributed by atoms with Gasteiger partial charge in [-0.3, -0.25) is 9.69 Å². The van der Waals surface area contributed by atoms with Crippen LogP contribution in [-0.4, -0.2) is 52.2 Å². The van der Waals surface area contributed by atoms with Gasteiger partial charge >= 0.3 is 0 Å². The molecule has 150 valence electrons. The van der Waals surface area contributed by atoms with Crippen LogP contribution in [0.5, 0.6) is 5.75 Å². The van der Waals surface area contributed by atoms with Gasteiger partial charge in [-0.1, -0.05) is 19.1 Å². The Bertz CT molecular complexity index is 732. The number of phenolic OH excluding ortho intramolecular Hbond substituents is 1. The van der Waals surface area contributed by atoms with E-state index >= 15 is 0 Å². The number of aromatic hydroxyl groups is 1. The number of hydrogen-bond donors (Lipinski definition) is 1. The lowest BCUT2D eigenvalue weighted by molar-refractivity contribution is -0.132. The number of carbonyl (C=O) groups is 1. The van der Waals surface area contributed by atoms with Crippen molar-refractivity contribution in [2.75, 3.05) is 19.6 Å². The zero-order valence-corrected chi connectivity index (χ0v) is 16.7. The van der Waals surface area contributed by atoms with Gasteiger partial charge in [0.25, 0.3) is 0 Å². The summed E-state index contributed by atoms with van der Waals surface area (Å²) in [6, 6.07) is 7.51. The summed E-state index contributed by atoms with van der Waals surface area (Å²) in [6.07, 6.45) is 10.1. The average Bonchev–Trinajstić information content (AvgIpc) is 3.34. The molecule has 6 nitrogen and oxygen atoms in total. The van der Waals surface area contributed by atoms with Gasteiger partial charge in [0, 0.05) is 44.8 Å². The van der Waals surface area contributed by atoms with E-state index in [-0.39, 0.29) is 11.7 Å². The molecule has 1 fully saturated rings. The highest BCUT2D eigenvalue weighted by molar-refractivity contribution is 5.76. The summed E-state index contributed by atoms with van der Waals surface area (Å²) in [5.41, 5.74) is 0.602. The minimum Gasteiger partial charge on any atom is -0.508 e. The molecule has 1 aromatic rings. The van der Waals surface area contributed by atoms with Crippen LogP contribution in [0.15, 0.2) is 34.5 Å². The molecule has 1 unspecified atom stereocenters. The minimum absolute atomic E-state index is 0.133. The summed E-state index contributed by atoms with van der Waals surface area (Å²) < 4.78 is 0. The van der Waals surface area contributed by atoms with Crippen molar-refractivity contribution in [1.82, 2.24) is 9.80 Å². The topological polar surface area (TPSA) is 68.5 Å². The van der Waals surface area contributed by atoms with Crippen molar-refractivity contribution in [3.05, 3.63) is 29.8 Å². The molecule has 0 bridgehead atoms. The number of likely N-dealkylation sites (tertiary alicyclic amines) is 1. The van der Waals surface area contributed by atoms with Gasteiger partial charge in [0.15, 0.2) is 5.66 Å². The summed E-state index contributed by atoms with van der Waals surface area (Å²) in [5, 5.41) is 17.8. The molecule has 0 radical (unpaired) electrons. The van der Waals surface area contributed by atoms with Crippen LogP contribution in [0.25, 0.3) is 0 Å². The average molecular weight is 383 g/mol. The van der Waals surface area contributed by atoms with Gasteiger partial charge in [-0.25, -0.2) is 0 Å². The van der Waals surface area contributed by atoms with Crippen LogP contribution in [0.2, 0.25) is 0 Å². The predicted octanol–water partition coefficient (Wildman–Crippen LogP) is 3.56. The Hall–Kier alpha value is -2.39. The van der Waals surface area contributed by atoms with Gasteiger partial charge in [0.2, 0.25) is 5.91 Å². The first kappa shape index (κ1) is 20.3. The number of carbonyl (C=O) groups excluding carboxylic acids is 1. The number of terminal acetylenes is 1. The Balaban J connectivity index is 1.63. The van der Waals surface area contributed by atoms with E-state index < -0.39 is 5.66 Å². The van der Waals surface area contributed by atoms with Gasteiger partial charge in [0.1, 0.15) is 5.75 Å². The highest BCUT2D eigenvalue weighted by Gasteiger charge is 2.40. The molecule has 0 aromatic heterocycles. The van der Waals surface area contributed by atoms with Crippen LogP contribution in [0.3, 0.4) is 0 Å². The Morgan fingerprint density at radius 1 is 1.36 bits per heavy atom. The maximum absolute atomic E-state index is 13.1. The monoisotopic (exact) mass is 382 g/mol. The second-order valence-electron chi connectivity index (χ2n) is 7.75. The molecule has 1 saturated heterocycles. The quantitative estimate of drug-likeness (QED) is 0.629. The first-order chi connectivity index (χ1) is 13.5. The maximum Gasteiger partial charge on any atom is 0.223 e.